The first kappa shape index (κ1) is 15.8. The number of esters is 1. The number of benzene rings is 2. The van der Waals surface area contributed by atoms with E-state index in [4.69, 9.17) is 9.47 Å². The van der Waals surface area contributed by atoms with Crippen LogP contribution in [-0.4, -0.2) is 22.4 Å². The van der Waals surface area contributed by atoms with Gasteiger partial charge in [-0.05, 0) is 31.2 Å². The molecule has 0 N–H and O–H groups in total. The quantitative estimate of drug-likeness (QED) is 0.646. The van der Waals surface area contributed by atoms with E-state index in [0.29, 0.717) is 18.8 Å². The van der Waals surface area contributed by atoms with Crippen molar-refractivity contribution < 1.29 is 14.3 Å². The first-order valence-electron chi connectivity index (χ1n) is 7.77. The molecule has 122 valence electrons. The van der Waals surface area contributed by atoms with Gasteiger partial charge in [0.05, 0.1) is 13.2 Å². The number of hydrogen-bond donors (Lipinski definition) is 0. The van der Waals surface area contributed by atoms with E-state index in [1.54, 1.807) is 23.9 Å². The van der Waals surface area contributed by atoms with Crippen molar-refractivity contribution in [2.75, 3.05) is 6.61 Å². The zero-order valence-electron chi connectivity index (χ0n) is 13.4. The molecule has 5 nitrogen and oxygen atoms in total. The summed E-state index contributed by atoms with van der Waals surface area (Å²) in [6.07, 6.45) is 1.76. The average Bonchev–Trinajstić information content (AvgIpc) is 3.07. The minimum atomic E-state index is -0.412. The summed E-state index contributed by atoms with van der Waals surface area (Å²) in [5.41, 5.74) is 1.28. The number of carbonyl (C=O) groups is 1. The van der Waals surface area contributed by atoms with E-state index in [-0.39, 0.29) is 0 Å². The van der Waals surface area contributed by atoms with E-state index in [0.717, 1.165) is 17.1 Å². The first-order chi connectivity index (χ1) is 11.8. The maximum Gasteiger partial charge on any atom is 0.358 e. The van der Waals surface area contributed by atoms with Gasteiger partial charge in [0.1, 0.15) is 11.5 Å². The van der Waals surface area contributed by atoms with Crippen LogP contribution in [0.1, 0.15) is 23.0 Å². The zero-order chi connectivity index (χ0) is 16.8. The summed E-state index contributed by atoms with van der Waals surface area (Å²) < 4.78 is 12.6. The molecule has 0 aliphatic rings. The average molecular weight is 322 g/mol. The van der Waals surface area contributed by atoms with Crippen LogP contribution in [-0.2, 0) is 11.3 Å². The fourth-order valence-electron chi connectivity index (χ4n) is 2.29. The molecule has 0 aliphatic heterocycles. The van der Waals surface area contributed by atoms with Gasteiger partial charge in [-0.15, -0.1) is 0 Å². The smallest absolute Gasteiger partial charge is 0.358 e. The van der Waals surface area contributed by atoms with E-state index >= 15 is 0 Å². The van der Waals surface area contributed by atoms with Gasteiger partial charge < -0.3 is 9.47 Å². The van der Waals surface area contributed by atoms with E-state index < -0.39 is 5.97 Å². The Bertz CT molecular complexity index is 812. The van der Waals surface area contributed by atoms with Gasteiger partial charge in [0.25, 0.3) is 0 Å². The van der Waals surface area contributed by atoms with Crippen LogP contribution in [0.3, 0.4) is 0 Å². The van der Waals surface area contributed by atoms with Crippen LogP contribution in [0.25, 0.3) is 0 Å². The highest BCUT2D eigenvalue weighted by atomic mass is 16.5. The molecule has 0 saturated carbocycles. The minimum absolute atomic E-state index is 0.304. The minimum Gasteiger partial charge on any atom is -0.461 e. The largest absolute Gasteiger partial charge is 0.461 e. The number of nitrogens with zero attached hydrogens (tertiary/aromatic N) is 2. The summed E-state index contributed by atoms with van der Waals surface area (Å²) >= 11 is 0. The van der Waals surface area contributed by atoms with E-state index in [1.807, 2.05) is 54.6 Å². The topological polar surface area (TPSA) is 53.4 Å². The van der Waals surface area contributed by atoms with E-state index in [9.17, 15) is 4.79 Å². The summed E-state index contributed by atoms with van der Waals surface area (Å²) in [6.45, 7) is 2.61. The predicted molar refractivity (Wildman–Crippen MR) is 90.2 cm³/mol. The second kappa shape index (κ2) is 7.46. The molecule has 0 unspecified atom stereocenters. The summed E-state index contributed by atoms with van der Waals surface area (Å²) in [5.74, 6) is 1.12. The van der Waals surface area contributed by atoms with E-state index in [2.05, 4.69) is 5.10 Å². The molecule has 1 heterocycles. The lowest BCUT2D eigenvalue weighted by Crippen LogP contribution is -2.08. The SMILES string of the molecule is CCOC(=O)c1ccn(Cc2ccccc2Oc2ccccc2)n1. The van der Waals surface area contributed by atoms with Gasteiger partial charge in [-0.3, -0.25) is 4.68 Å². The molecule has 3 aromatic rings. The molecule has 0 saturated heterocycles. The number of hydrogen-bond acceptors (Lipinski definition) is 4. The Labute approximate surface area is 140 Å². The number of carbonyl (C=O) groups excluding carboxylic acids is 1. The predicted octanol–water partition coefficient (Wildman–Crippen LogP) is 3.90. The Morgan fingerprint density at radius 1 is 1.04 bits per heavy atom. The molecule has 0 bridgehead atoms. The lowest BCUT2D eigenvalue weighted by molar-refractivity contribution is 0.0518. The third-order valence-electron chi connectivity index (χ3n) is 3.40. The van der Waals surface area contributed by atoms with Gasteiger partial charge in [0.15, 0.2) is 5.69 Å². The summed E-state index contributed by atoms with van der Waals surface area (Å²) in [4.78, 5) is 11.7. The lowest BCUT2D eigenvalue weighted by atomic mass is 10.2. The molecule has 3 rings (SSSR count). The number of ether oxygens (including phenoxy) is 2. The highest BCUT2D eigenvalue weighted by Crippen LogP contribution is 2.25. The van der Waals surface area contributed by atoms with Crippen LogP contribution >= 0.6 is 0 Å². The molecule has 0 aliphatic carbocycles. The Hall–Kier alpha value is -3.08. The van der Waals surface area contributed by atoms with Gasteiger partial charge in [0.2, 0.25) is 0 Å². The van der Waals surface area contributed by atoms with Crippen LogP contribution in [0.5, 0.6) is 11.5 Å². The van der Waals surface area contributed by atoms with Crippen molar-refractivity contribution in [3.05, 3.63) is 78.1 Å². The third-order valence-corrected chi connectivity index (χ3v) is 3.40. The van der Waals surface area contributed by atoms with Crippen molar-refractivity contribution in [1.82, 2.24) is 9.78 Å². The molecular weight excluding hydrogens is 304 g/mol. The van der Waals surface area contributed by atoms with Crippen molar-refractivity contribution in [2.24, 2.45) is 0 Å². The monoisotopic (exact) mass is 322 g/mol. The molecular formula is C19H18N2O3. The molecule has 1 aromatic heterocycles. The van der Waals surface area contributed by atoms with Crippen LogP contribution in [0, 0.1) is 0 Å². The van der Waals surface area contributed by atoms with Crippen LogP contribution in [0.4, 0.5) is 0 Å². The highest BCUT2D eigenvalue weighted by molar-refractivity contribution is 5.86. The standard InChI is InChI=1S/C19H18N2O3/c1-2-23-19(22)17-12-13-21(20-17)14-15-8-6-7-11-18(15)24-16-9-4-3-5-10-16/h3-13H,2,14H2,1H3. The molecule has 2 aromatic carbocycles. The van der Waals surface area contributed by atoms with Crippen molar-refractivity contribution >= 4 is 5.97 Å². The molecule has 0 radical (unpaired) electrons. The maximum absolute atomic E-state index is 11.7. The molecule has 0 spiro atoms. The fraction of sp³-hybridized carbons (Fsp3) is 0.158. The Morgan fingerprint density at radius 3 is 2.58 bits per heavy atom. The second-order valence-corrected chi connectivity index (χ2v) is 5.14. The van der Waals surface area contributed by atoms with Gasteiger partial charge >= 0.3 is 5.97 Å². The van der Waals surface area contributed by atoms with Gasteiger partial charge in [-0.25, -0.2) is 4.79 Å². The van der Waals surface area contributed by atoms with Crippen molar-refractivity contribution in [3.8, 4) is 11.5 Å². The van der Waals surface area contributed by atoms with Gasteiger partial charge in [-0.2, -0.15) is 5.10 Å². The van der Waals surface area contributed by atoms with Crippen molar-refractivity contribution in [2.45, 2.75) is 13.5 Å². The van der Waals surface area contributed by atoms with Gasteiger partial charge in [-0.1, -0.05) is 36.4 Å². The van der Waals surface area contributed by atoms with Crippen molar-refractivity contribution in [1.29, 1.82) is 0 Å². The van der Waals surface area contributed by atoms with Crippen molar-refractivity contribution in [3.63, 3.8) is 0 Å². The van der Waals surface area contributed by atoms with E-state index in [1.165, 1.54) is 0 Å². The normalized spacial score (nSPS) is 10.4. The van der Waals surface area contributed by atoms with Crippen LogP contribution < -0.4 is 4.74 Å². The Balaban J connectivity index is 1.77. The lowest BCUT2D eigenvalue weighted by Gasteiger charge is -2.11. The van der Waals surface area contributed by atoms with Crippen LogP contribution in [0.15, 0.2) is 66.9 Å². The fourth-order valence-corrected chi connectivity index (χ4v) is 2.29. The first-order valence-corrected chi connectivity index (χ1v) is 7.77. The zero-order valence-corrected chi connectivity index (χ0v) is 13.4. The summed E-state index contributed by atoms with van der Waals surface area (Å²) in [6, 6.07) is 19.0. The number of rotatable bonds is 6. The molecule has 5 heteroatoms. The third kappa shape index (κ3) is 3.81. The molecule has 0 atom stereocenters. The van der Waals surface area contributed by atoms with Gasteiger partial charge in [0, 0.05) is 11.8 Å². The maximum atomic E-state index is 11.7. The highest BCUT2D eigenvalue weighted by Gasteiger charge is 2.11. The Kier molecular flexibility index (Phi) is 4.91. The summed E-state index contributed by atoms with van der Waals surface area (Å²) in [5, 5.41) is 4.26. The number of aromatic nitrogens is 2. The Morgan fingerprint density at radius 2 is 1.79 bits per heavy atom. The molecule has 0 amide bonds. The summed E-state index contributed by atoms with van der Waals surface area (Å²) in [7, 11) is 0. The van der Waals surface area contributed by atoms with Crippen LogP contribution in [0.2, 0.25) is 0 Å². The number of para-hydroxylation sites is 2. The second-order valence-electron chi connectivity index (χ2n) is 5.14. The molecule has 0 fully saturated rings. The molecule has 24 heavy (non-hydrogen) atoms.